The van der Waals surface area contributed by atoms with E-state index in [2.05, 4.69) is 15.4 Å². The lowest BCUT2D eigenvalue weighted by Gasteiger charge is -2.11. The third-order valence-electron chi connectivity index (χ3n) is 3.39. The molecule has 2 N–H and O–H groups in total. The molecule has 24 heavy (non-hydrogen) atoms. The molecule has 0 heterocycles. The Morgan fingerprint density at radius 2 is 1.83 bits per heavy atom. The van der Waals surface area contributed by atoms with Crippen molar-refractivity contribution in [2.75, 3.05) is 17.2 Å². The predicted molar refractivity (Wildman–Crippen MR) is 91.1 cm³/mol. The Kier molecular flexibility index (Phi) is 5.98. The highest BCUT2D eigenvalue weighted by atomic mass is 35.5. The van der Waals surface area contributed by atoms with Crippen LogP contribution < -0.4 is 15.4 Å². The van der Waals surface area contributed by atoms with Crippen LogP contribution in [0.25, 0.3) is 0 Å². The Bertz CT molecular complexity index is 739. The zero-order valence-electron chi connectivity index (χ0n) is 13.2. The molecule has 0 atom stereocenters. The molecule has 0 aliphatic heterocycles. The standard InChI is InChI=1S/C17H17ClF2N2O2/c1-10-3-4-13(7-11(10)2)22-16(23)9-21-12-5-6-15(14(18)8-12)24-17(19)20/h3-8,17,21H,9H2,1-2H3,(H,22,23). The molecule has 0 bridgehead atoms. The Balaban J connectivity index is 1.91. The third-order valence-corrected chi connectivity index (χ3v) is 3.69. The topological polar surface area (TPSA) is 50.4 Å². The van der Waals surface area contributed by atoms with Crippen LogP contribution in [0.3, 0.4) is 0 Å². The first-order chi connectivity index (χ1) is 11.3. The van der Waals surface area contributed by atoms with E-state index >= 15 is 0 Å². The van der Waals surface area contributed by atoms with Crippen molar-refractivity contribution < 1.29 is 18.3 Å². The van der Waals surface area contributed by atoms with Gasteiger partial charge in [0.2, 0.25) is 5.91 Å². The number of anilines is 2. The zero-order chi connectivity index (χ0) is 17.7. The van der Waals surface area contributed by atoms with E-state index in [1.165, 1.54) is 18.2 Å². The molecule has 2 aromatic rings. The third kappa shape index (κ3) is 5.09. The number of carbonyl (C=O) groups excluding carboxylic acids is 1. The van der Waals surface area contributed by atoms with E-state index in [1.54, 1.807) is 0 Å². The summed E-state index contributed by atoms with van der Waals surface area (Å²) in [7, 11) is 0. The molecule has 0 spiro atoms. The van der Waals surface area contributed by atoms with E-state index in [0.29, 0.717) is 11.4 Å². The Morgan fingerprint density at radius 1 is 1.12 bits per heavy atom. The average molecular weight is 355 g/mol. The average Bonchev–Trinajstić information content (AvgIpc) is 2.51. The predicted octanol–water partition coefficient (Wildman–Crippen LogP) is 4.61. The minimum Gasteiger partial charge on any atom is -0.433 e. The molecule has 2 rings (SSSR count). The number of amides is 1. The van der Waals surface area contributed by atoms with Crippen LogP contribution in [0.15, 0.2) is 36.4 Å². The minimum atomic E-state index is -2.94. The lowest BCUT2D eigenvalue weighted by atomic mass is 10.1. The van der Waals surface area contributed by atoms with Gasteiger partial charge in [0.05, 0.1) is 11.6 Å². The maximum Gasteiger partial charge on any atom is 0.387 e. The van der Waals surface area contributed by atoms with Crippen molar-refractivity contribution >= 4 is 28.9 Å². The number of benzene rings is 2. The van der Waals surface area contributed by atoms with E-state index in [-0.39, 0.29) is 23.2 Å². The van der Waals surface area contributed by atoms with Crippen molar-refractivity contribution in [1.29, 1.82) is 0 Å². The van der Waals surface area contributed by atoms with Crippen LogP contribution in [0.2, 0.25) is 5.02 Å². The Morgan fingerprint density at radius 3 is 2.46 bits per heavy atom. The molecule has 128 valence electrons. The van der Waals surface area contributed by atoms with Gasteiger partial charge in [0.15, 0.2) is 0 Å². The molecule has 0 fully saturated rings. The van der Waals surface area contributed by atoms with Gasteiger partial charge < -0.3 is 15.4 Å². The fourth-order valence-corrected chi connectivity index (χ4v) is 2.23. The van der Waals surface area contributed by atoms with Crippen LogP contribution in [-0.2, 0) is 4.79 Å². The van der Waals surface area contributed by atoms with Gasteiger partial charge in [0, 0.05) is 11.4 Å². The summed E-state index contributed by atoms with van der Waals surface area (Å²) in [6, 6.07) is 9.89. The first-order valence-corrected chi connectivity index (χ1v) is 7.58. The molecule has 0 aromatic heterocycles. The number of hydrogen-bond donors (Lipinski definition) is 2. The number of aryl methyl sites for hydroxylation is 2. The highest BCUT2D eigenvalue weighted by Gasteiger charge is 2.10. The fraction of sp³-hybridized carbons (Fsp3) is 0.235. The van der Waals surface area contributed by atoms with Gasteiger partial charge in [-0.2, -0.15) is 8.78 Å². The highest BCUT2D eigenvalue weighted by Crippen LogP contribution is 2.28. The second-order valence-corrected chi connectivity index (χ2v) is 5.63. The van der Waals surface area contributed by atoms with Gasteiger partial charge in [-0.25, -0.2) is 0 Å². The molecule has 2 aromatic carbocycles. The smallest absolute Gasteiger partial charge is 0.387 e. The summed E-state index contributed by atoms with van der Waals surface area (Å²) >= 11 is 5.85. The number of halogens is 3. The lowest BCUT2D eigenvalue weighted by molar-refractivity contribution is -0.114. The second kappa shape index (κ2) is 7.97. The summed E-state index contributed by atoms with van der Waals surface area (Å²) < 4.78 is 28.6. The number of carbonyl (C=O) groups is 1. The van der Waals surface area contributed by atoms with E-state index in [1.807, 2.05) is 32.0 Å². The second-order valence-electron chi connectivity index (χ2n) is 5.22. The van der Waals surface area contributed by atoms with Crippen LogP contribution in [0, 0.1) is 13.8 Å². The van der Waals surface area contributed by atoms with Crippen LogP contribution in [-0.4, -0.2) is 19.1 Å². The summed E-state index contributed by atoms with van der Waals surface area (Å²) in [5.41, 5.74) is 3.47. The van der Waals surface area contributed by atoms with Crippen molar-refractivity contribution in [1.82, 2.24) is 0 Å². The van der Waals surface area contributed by atoms with Crippen LogP contribution in [0.1, 0.15) is 11.1 Å². The van der Waals surface area contributed by atoms with Crippen molar-refractivity contribution in [2.45, 2.75) is 20.5 Å². The fourth-order valence-electron chi connectivity index (χ4n) is 2.01. The van der Waals surface area contributed by atoms with E-state index in [0.717, 1.165) is 11.1 Å². The maximum absolute atomic E-state index is 12.2. The highest BCUT2D eigenvalue weighted by molar-refractivity contribution is 6.32. The summed E-state index contributed by atoms with van der Waals surface area (Å²) in [5, 5.41) is 5.68. The molecule has 0 saturated heterocycles. The van der Waals surface area contributed by atoms with Crippen molar-refractivity contribution in [3.8, 4) is 5.75 Å². The number of ether oxygens (including phenoxy) is 1. The zero-order valence-corrected chi connectivity index (χ0v) is 14.0. The molecule has 0 saturated carbocycles. The van der Waals surface area contributed by atoms with Gasteiger partial charge in [-0.3, -0.25) is 4.79 Å². The van der Waals surface area contributed by atoms with Gasteiger partial charge in [0.25, 0.3) is 0 Å². The molecular formula is C17H17ClF2N2O2. The summed E-state index contributed by atoms with van der Waals surface area (Å²) in [5.74, 6) is -0.348. The van der Waals surface area contributed by atoms with Gasteiger partial charge in [-0.15, -0.1) is 0 Å². The number of alkyl halides is 2. The molecule has 7 heteroatoms. The minimum absolute atomic E-state index is 0.0122. The van der Waals surface area contributed by atoms with Gasteiger partial charge in [-0.1, -0.05) is 17.7 Å². The van der Waals surface area contributed by atoms with Crippen molar-refractivity contribution in [3.63, 3.8) is 0 Å². The number of nitrogens with one attached hydrogen (secondary N) is 2. The van der Waals surface area contributed by atoms with Crippen molar-refractivity contribution in [3.05, 3.63) is 52.5 Å². The van der Waals surface area contributed by atoms with Crippen LogP contribution >= 0.6 is 11.6 Å². The maximum atomic E-state index is 12.2. The van der Waals surface area contributed by atoms with Gasteiger partial charge in [0.1, 0.15) is 5.75 Å². The molecule has 0 aliphatic carbocycles. The van der Waals surface area contributed by atoms with Crippen LogP contribution in [0.4, 0.5) is 20.2 Å². The van der Waals surface area contributed by atoms with Gasteiger partial charge >= 0.3 is 6.61 Å². The molecule has 0 radical (unpaired) electrons. The number of hydrogen-bond acceptors (Lipinski definition) is 3. The quantitative estimate of drug-likeness (QED) is 0.796. The van der Waals surface area contributed by atoms with E-state index < -0.39 is 6.61 Å². The Hall–Kier alpha value is -2.34. The lowest BCUT2D eigenvalue weighted by Crippen LogP contribution is -2.21. The number of rotatable bonds is 6. The van der Waals surface area contributed by atoms with E-state index in [4.69, 9.17) is 11.6 Å². The SMILES string of the molecule is Cc1ccc(NC(=O)CNc2ccc(OC(F)F)c(Cl)c2)cc1C. The molecule has 0 aliphatic rings. The molecular weight excluding hydrogens is 338 g/mol. The van der Waals surface area contributed by atoms with E-state index in [9.17, 15) is 13.6 Å². The summed E-state index contributed by atoms with van der Waals surface area (Å²) in [6.07, 6.45) is 0. The Labute approximate surface area is 143 Å². The summed E-state index contributed by atoms with van der Waals surface area (Å²) in [4.78, 5) is 11.9. The normalized spacial score (nSPS) is 10.6. The largest absolute Gasteiger partial charge is 0.433 e. The monoisotopic (exact) mass is 354 g/mol. The first-order valence-electron chi connectivity index (χ1n) is 7.20. The summed E-state index contributed by atoms with van der Waals surface area (Å²) in [6.45, 7) is 1.03. The molecule has 1 amide bonds. The first kappa shape index (κ1) is 18.0. The van der Waals surface area contributed by atoms with Crippen LogP contribution in [0.5, 0.6) is 5.75 Å². The van der Waals surface area contributed by atoms with Gasteiger partial charge in [-0.05, 0) is 55.3 Å². The van der Waals surface area contributed by atoms with Crippen molar-refractivity contribution in [2.24, 2.45) is 0 Å². The molecule has 4 nitrogen and oxygen atoms in total. The molecule has 0 unspecified atom stereocenters.